The normalized spacial score (nSPS) is 20.1. The topological polar surface area (TPSA) is 169 Å². The minimum Gasteiger partial charge on any atom is -0.493 e. The molecule has 0 aliphatic carbocycles. The lowest BCUT2D eigenvalue weighted by Gasteiger charge is -2.27. The van der Waals surface area contributed by atoms with E-state index < -0.39 is 35.8 Å². The van der Waals surface area contributed by atoms with Crippen LogP contribution in [-0.4, -0.2) is 79.0 Å². The number of methoxy groups -OCH3 is 1. The van der Waals surface area contributed by atoms with Gasteiger partial charge in [0.25, 0.3) is 11.8 Å². The largest absolute Gasteiger partial charge is 0.493 e. The first-order valence-corrected chi connectivity index (χ1v) is 17.0. The summed E-state index contributed by atoms with van der Waals surface area (Å²) in [6, 6.07) is 15.1. The Morgan fingerprint density at radius 2 is 1.70 bits per heavy atom. The number of aryl methyl sites for hydroxylation is 2. The number of aromatic nitrogens is 1. The third-order valence-electron chi connectivity index (χ3n) is 8.48. The van der Waals surface area contributed by atoms with Crippen LogP contribution in [0.2, 0.25) is 0 Å². The molecule has 0 saturated heterocycles. The molecule has 2 bridgehead atoms. The van der Waals surface area contributed by atoms with Crippen molar-refractivity contribution in [3.8, 4) is 11.5 Å². The summed E-state index contributed by atoms with van der Waals surface area (Å²) in [4.78, 5) is 67.0. The number of fused-ring (bicyclic) bond motifs is 2. The van der Waals surface area contributed by atoms with E-state index in [4.69, 9.17) is 9.47 Å². The highest BCUT2D eigenvalue weighted by Crippen LogP contribution is 2.28. The second-order valence-corrected chi connectivity index (χ2v) is 12.7. The molecule has 5 N–H and O–H groups in total. The summed E-state index contributed by atoms with van der Waals surface area (Å²) < 4.78 is 12.8. The monoisotopic (exact) mass is 688 g/mol. The maximum absolute atomic E-state index is 13.9. The lowest BCUT2D eigenvalue weighted by Crippen LogP contribution is -2.58. The Hall–Kier alpha value is -5.33. The van der Waals surface area contributed by atoms with Gasteiger partial charge in [-0.15, -0.1) is 0 Å². The molecule has 0 radical (unpaired) electrons. The van der Waals surface area contributed by atoms with Gasteiger partial charge in [0.2, 0.25) is 17.7 Å². The Morgan fingerprint density at radius 3 is 2.40 bits per heavy atom. The van der Waals surface area contributed by atoms with Gasteiger partial charge < -0.3 is 40.6 Å². The summed E-state index contributed by atoms with van der Waals surface area (Å²) in [7, 11) is 3.24. The van der Waals surface area contributed by atoms with Crippen LogP contribution in [0.5, 0.6) is 11.5 Å². The predicted octanol–water partition coefficient (Wildman–Crippen LogP) is 2.04. The molecule has 0 saturated carbocycles. The van der Waals surface area contributed by atoms with Gasteiger partial charge >= 0.3 is 0 Å². The number of rotatable bonds is 6. The number of amides is 5. The van der Waals surface area contributed by atoms with Crippen LogP contribution >= 0.6 is 0 Å². The van der Waals surface area contributed by atoms with Crippen LogP contribution in [0, 0.1) is 5.92 Å². The van der Waals surface area contributed by atoms with E-state index in [-0.39, 0.29) is 43.7 Å². The third kappa shape index (κ3) is 10.8. The molecule has 2 heterocycles. The van der Waals surface area contributed by atoms with E-state index in [0.717, 1.165) is 11.1 Å². The highest BCUT2D eigenvalue weighted by atomic mass is 16.5. The lowest BCUT2D eigenvalue weighted by atomic mass is 10.00. The first kappa shape index (κ1) is 37.5. The van der Waals surface area contributed by atoms with Crippen molar-refractivity contribution in [2.45, 2.75) is 64.1 Å². The van der Waals surface area contributed by atoms with Crippen molar-refractivity contribution in [3.05, 3.63) is 83.7 Å². The average Bonchev–Trinajstić information content (AvgIpc) is 3.54. The molecule has 3 aromatic rings. The molecule has 0 unspecified atom stereocenters. The van der Waals surface area contributed by atoms with Gasteiger partial charge in [0.1, 0.15) is 23.8 Å². The first-order chi connectivity index (χ1) is 24.0. The number of nitrogens with one attached hydrogen (secondary N) is 5. The Morgan fingerprint density at radius 1 is 0.940 bits per heavy atom. The van der Waals surface area contributed by atoms with Crippen molar-refractivity contribution >= 4 is 29.5 Å². The van der Waals surface area contributed by atoms with Gasteiger partial charge in [0.15, 0.2) is 18.1 Å². The number of benzene rings is 2. The molecule has 13 heteroatoms. The second kappa shape index (κ2) is 18.4. The van der Waals surface area contributed by atoms with Crippen LogP contribution in [0.4, 0.5) is 0 Å². The van der Waals surface area contributed by atoms with Crippen molar-refractivity contribution in [1.29, 1.82) is 0 Å². The molecule has 1 aliphatic heterocycles. The summed E-state index contributed by atoms with van der Waals surface area (Å²) in [5.74, 6) is -1.61. The molecule has 4 rings (SSSR count). The zero-order chi connectivity index (χ0) is 36.0. The number of carbonyl (C=O) groups excluding carboxylic acids is 5. The van der Waals surface area contributed by atoms with Crippen molar-refractivity contribution in [1.82, 2.24) is 31.2 Å². The van der Waals surface area contributed by atoms with E-state index in [0.29, 0.717) is 43.0 Å². The number of nitrogens with zero attached hydrogens (tertiary/aromatic N) is 1. The first-order valence-electron chi connectivity index (χ1n) is 17.0. The average molecular weight is 689 g/mol. The quantitative estimate of drug-likeness (QED) is 0.264. The molecule has 13 nitrogen and oxygen atoms in total. The maximum Gasteiger partial charge on any atom is 0.268 e. The SMILES string of the molecule is COc1ccc2cc1OCC(=O)NCCC[C@H](NC(=O)c1cccn1C)C(=O)N[C@@H](Cc1ccccc1)C(=O)N[C@H](C(C)C)C(=O)NCCC2. The van der Waals surface area contributed by atoms with E-state index in [2.05, 4.69) is 26.6 Å². The van der Waals surface area contributed by atoms with Crippen molar-refractivity contribution in [3.63, 3.8) is 0 Å². The van der Waals surface area contributed by atoms with Crippen LogP contribution in [0.25, 0.3) is 0 Å². The predicted molar refractivity (Wildman–Crippen MR) is 188 cm³/mol. The van der Waals surface area contributed by atoms with Crippen molar-refractivity contribution < 1.29 is 33.4 Å². The standard InChI is InChI=1S/C37H48N6O7/c1-24(2)33-37(48)39-19-8-13-26-16-17-30(49-4)31(22-26)50-23-32(44)38-18-9-14-27(40-36(47)29-15-10-20-43(29)3)34(45)41-28(35(46)42-33)21-25-11-6-5-7-12-25/h5-7,10-12,15-17,20,22,24,27-28,33H,8-9,13-14,18-19,21,23H2,1-4H3,(H,38,44)(H,39,48)(H,40,47)(H,41,45)(H,42,46)/t27-,28-,33+/m0/s1. The van der Waals surface area contributed by atoms with Crippen molar-refractivity contribution in [2.24, 2.45) is 13.0 Å². The molecular weight excluding hydrogens is 640 g/mol. The Balaban J connectivity index is 1.60. The minimum absolute atomic E-state index is 0.156. The number of ether oxygens (including phenoxy) is 2. The Kier molecular flexibility index (Phi) is 13.8. The fourth-order valence-corrected chi connectivity index (χ4v) is 5.65. The summed E-state index contributed by atoms with van der Waals surface area (Å²) in [5.41, 5.74) is 2.09. The number of hydrogen-bond donors (Lipinski definition) is 5. The molecular formula is C37H48N6O7. The molecule has 268 valence electrons. The Bertz CT molecular complexity index is 1620. The molecule has 5 amide bonds. The minimum atomic E-state index is -1.05. The van der Waals surface area contributed by atoms with E-state index >= 15 is 0 Å². The fourth-order valence-electron chi connectivity index (χ4n) is 5.65. The van der Waals surface area contributed by atoms with Crippen molar-refractivity contribution in [2.75, 3.05) is 26.8 Å². The van der Waals surface area contributed by atoms with Crippen LogP contribution in [0.3, 0.4) is 0 Å². The van der Waals surface area contributed by atoms with Crippen LogP contribution < -0.4 is 36.1 Å². The maximum atomic E-state index is 13.9. The molecule has 0 fully saturated rings. The molecule has 3 atom stereocenters. The van der Waals surface area contributed by atoms with Gasteiger partial charge in [-0.2, -0.15) is 0 Å². The number of hydrogen-bond acceptors (Lipinski definition) is 7. The van der Waals surface area contributed by atoms with Gasteiger partial charge in [-0.1, -0.05) is 50.2 Å². The second-order valence-electron chi connectivity index (χ2n) is 12.7. The van der Waals surface area contributed by atoms with Gasteiger partial charge in [-0.05, 0) is 67.0 Å². The van der Waals surface area contributed by atoms with Crippen LogP contribution in [0.1, 0.15) is 54.7 Å². The van der Waals surface area contributed by atoms with Gasteiger partial charge in [-0.3, -0.25) is 24.0 Å². The smallest absolute Gasteiger partial charge is 0.268 e. The summed E-state index contributed by atoms with van der Waals surface area (Å²) in [6.07, 6.45) is 3.61. The molecule has 50 heavy (non-hydrogen) atoms. The van der Waals surface area contributed by atoms with E-state index in [1.54, 1.807) is 36.0 Å². The summed E-state index contributed by atoms with van der Waals surface area (Å²) in [6.45, 7) is 3.99. The highest BCUT2D eigenvalue weighted by molar-refractivity contribution is 5.98. The molecule has 1 aromatic heterocycles. The van der Waals surface area contributed by atoms with Crippen LogP contribution in [-0.2, 0) is 39.1 Å². The van der Waals surface area contributed by atoms with Gasteiger partial charge in [0, 0.05) is 32.8 Å². The molecule has 1 aliphatic rings. The zero-order valence-electron chi connectivity index (χ0n) is 29.1. The van der Waals surface area contributed by atoms with Gasteiger partial charge in [-0.25, -0.2) is 0 Å². The third-order valence-corrected chi connectivity index (χ3v) is 8.48. The Labute approximate surface area is 292 Å². The van der Waals surface area contributed by atoms with E-state index in [9.17, 15) is 24.0 Å². The van der Waals surface area contributed by atoms with Gasteiger partial charge in [0.05, 0.1) is 7.11 Å². The lowest BCUT2D eigenvalue weighted by molar-refractivity contribution is -0.133. The van der Waals surface area contributed by atoms with Crippen LogP contribution in [0.15, 0.2) is 66.9 Å². The highest BCUT2D eigenvalue weighted by Gasteiger charge is 2.31. The number of carbonyl (C=O) groups is 5. The molecule has 2 aromatic carbocycles. The zero-order valence-corrected chi connectivity index (χ0v) is 29.1. The summed E-state index contributed by atoms with van der Waals surface area (Å²) in [5, 5.41) is 14.2. The fraction of sp³-hybridized carbons (Fsp3) is 0.432. The molecule has 0 spiro atoms. The van der Waals surface area contributed by atoms with E-state index in [1.165, 1.54) is 7.11 Å². The van der Waals surface area contributed by atoms with E-state index in [1.807, 2.05) is 56.3 Å². The summed E-state index contributed by atoms with van der Waals surface area (Å²) >= 11 is 0.